The van der Waals surface area contributed by atoms with Crippen LogP contribution in [-0.2, 0) is 13.0 Å². The molecule has 70 valence electrons. The minimum atomic E-state index is -0.925. The van der Waals surface area contributed by atoms with Crippen molar-refractivity contribution in [3.8, 4) is 0 Å². The Morgan fingerprint density at radius 1 is 1.62 bits per heavy atom. The minimum absolute atomic E-state index is 0.286. The molecule has 0 atom stereocenters. The summed E-state index contributed by atoms with van der Waals surface area (Å²) in [6.07, 6.45) is 0.882. The van der Waals surface area contributed by atoms with Crippen molar-refractivity contribution in [1.29, 1.82) is 0 Å². The minimum Gasteiger partial charge on any atom is -0.478 e. The predicted molar refractivity (Wildman–Crippen MR) is 51.7 cm³/mol. The van der Waals surface area contributed by atoms with Crippen molar-refractivity contribution in [2.75, 3.05) is 6.54 Å². The Labute approximate surface area is 84.3 Å². The van der Waals surface area contributed by atoms with Crippen LogP contribution in [0, 0.1) is 0 Å². The van der Waals surface area contributed by atoms with Crippen molar-refractivity contribution >= 4 is 28.9 Å². The Morgan fingerprint density at radius 3 is 3.08 bits per heavy atom. The average molecular weight is 218 g/mol. The van der Waals surface area contributed by atoms with E-state index >= 15 is 0 Å². The van der Waals surface area contributed by atoms with Gasteiger partial charge in [0, 0.05) is 18.0 Å². The molecule has 3 nitrogen and oxygen atoms in total. The highest BCUT2D eigenvalue weighted by molar-refractivity contribution is 7.16. The Morgan fingerprint density at radius 2 is 2.38 bits per heavy atom. The van der Waals surface area contributed by atoms with Gasteiger partial charge in [-0.2, -0.15) is 0 Å². The first-order valence-corrected chi connectivity index (χ1v) is 5.13. The number of halogens is 1. The SMILES string of the molecule is O=C(O)c1c(Cl)sc2c1CNCC2. The molecule has 0 aromatic carbocycles. The number of carboxylic acids is 1. The zero-order valence-electron chi connectivity index (χ0n) is 6.76. The van der Waals surface area contributed by atoms with Crippen molar-refractivity contribution in [2.24, 2.45) is 0 Å². The van der Waals surface area contributed by atoms with Crippen LogP contribution < -0.4 is 5.32 Å². The molecule has 0 bridgehead atoms. The second-order valence-electron chi connectivity index (χ2n) is 2.88. The van der Waals surface area contributed by atoms with E-state index in [4.69, 9.17) is 16.7 Å². The molecule has 0 amide bonds. The zero-order valence-corrected chi connectivity index (χ0v) is 8.34. The molecule has 0 spiro atoms. The highest BCUT2D eigenvalue weighted by Gasteiger charge is 2.23. The molecule has 2 rings (SSSR count). The van der Waals surface area contributed by atoms with Gasteiger partial charge in [0.1, 0.15) is 4.34 Å². The second kappa shape index (κ2) is 3.29. The number of hydrogen-bond acceptors (Lipinski definition) is 3. The smallest absolute Gasteiger partial charge is 0.338 e. The third-order valence-electron chi connectivity index (χ3n) is 2.09. The van der Waals surface area contributed by atoms with Crippen LogP contribution in [-0.4, -0.2) is 17.6 Å². The van der Waals surface area contributed by atoms with E-state index in [0.717, 1.165) is 23.4 Å². The summed E-state index contributed by atoms with van der Waals surface area (Å²) >= 11 is 7.23. The van der Waals surface area contributed by atoms with E-state index in [1.165, 1.54) is 11.3 Å². The van der Waals surface area contributed by atoms with Gasteiger partial charge in [-0.3, -0.25) is 0 Å². The van der Waals surface area contributed by atoms with Crippen LogP contribution in [0.3, 0.4) is 0 Å². The lowest BCUT2D eigenvalue weighted by atomic mass is 10.1. The number of carbonyl (C=O) groups is 1. The Balaban J connectivity index is 2.54. The van der Waals surface area contributed by atoms with Crippen molar-refractivity contribution in [2.45, 2.75) is 13.0 Å². The summed E-state index contributed by atoms with van der Waals surface area (Å²) in [4.78, 5) is 12.0. The number of fused-ring (bicyclic) bond motifs is 1. The molecule has 1 aromatic rings. The van der Waals surface area contributed by atoms with E-state index in [0.29, 0.717) is 10.9 Å². The molecule has 1 aliphatic heterocycles. The summed E-state index contributed by atoms with van der Waals surface area (Å²) in [5.74, 6) is -0.925. The summed E-state index contributed by atoms with van der Waals surface area (Å²) in [6.45, 7) is 1.53. The quantitative estimate of drug-likeness (QED) is 0.754. The third-order valence-corrected chi connectivity index (χ3v) is 3.59. The Hall–Kier alpha value is -0.580. The van der Waals surface area contributed by atoms with Gasteiger partial charge in [0.2, 0.25) is 0 Å². The number of nitrogens with one attached hydrogen (secondary N) is 1. The lowest BCUT2D eigenvalue weighted by molar-refractivity contribution is 0.0696. The van der Waals surface area contributed by atoms with Crippen molar-refractivity contribution < 1.29 is 9.90 Å². The third kappa shape index (κ3) is 1.45. The fourth-order valence-electron chi connectivity index (χ4n) is 1.50. The molecule has 13 heavy (non-hydrogen) atoms. The number of thiophene rings is 1. The maximum Gasteiger partial charge on any atom is 0.338 e. The highest BCUT2D eigenvalue weighted by Crippen LogP contribution is 2.34. The maximum absolute atomic E-state index is 10.8. The van der Waals surface area contributed by atoms with Crippen molar-refractivity contribution in [1.82, 2.24) is 5.32 Å². The summed E-state index contributed by atoms with van der Waals surface area (Å²) in [5.41, 5.74) is 1.16. The van der Waals surface area contributed by atoms with Crippen LogP contribution in [0.5, 0.6) is 0 Å². The number of aromatic carboxylic acids is 1. The van der Waals surface area contributed by atoms with Crippen LogP contribution in [0.1, 0.15) is 20.8 Å². The van der Waals surface area contributed by atoms with E-state index < -0.39 is 5.97 Å². The fraction of sp³-hybridized carbons (Fsp3) is 0.375. The molecule has 1 aliphatic rings. The van der Waals surface area contributed by atoms with E-state index in [1.807, 2.05) is 0 Å². The number of carboxylic acid groups (broad SMARTS) is 1. The first kappa shape index (κ1) is 8.99. The van der Waals surface area contributed by atoms with Crippen molar-refractivity contribution in [3.05, 3.63) is 20.3 Å². The van der Waals surface area contributed by atoms with Crippen LogP contribution in [0.25, 0.3) is 0 Å². The Bertz CT molecular complexity index is 361. The molecule has 1 aromatic heterocycles. The molecule has 2 N–H and O–H groups in total. The fourth-order valence-corrected chi connectivity index (χ4v) is 3.00. The van der Waals surface area contributed by atoms with Gasteiger partial charge in [-0.05, 0) is 12.0 Å². The molecular formula is C8H8ClNO2S. The molecule has 0 unspecified atom stereocenters. The number of rotatable bonds is 1. The zero-order chi connectivity index (χ0) is 9.42. The average Bonchev–Trinajstić information content (AvgIpc) is 2.39. The van der Waals surface area contributed by atoms with Crippen LogP contribution in [0.4, 0.5) is 0 Å². The molecule has 0 saturated heterocycles. The lowest BCUT2D eigenvalue weighted by Gasteiger charge is -2.12. The summed E-state index contributed by atoms with van der Waals surface area (Å²) in [5, 5.41) is 12.0. The summed E-state index contributed by atoms with van der Waals surface area (Å²) in [7, 11) is 0. The monoisotopic (exact) mass is 217 g/mol. The topological polar surface area (TPSA) is 49.3 Å². The molecule has 0 saturated carbocycles. The molecule has 0 fully saturated rings. The second-order valence-corrected chi connectivity index (χ2v) is 4.59. The van der Waals surface area contributed by atoms with E-state index in [-0.39, 0.29) is 5.56 Å². The number of hydrogen-bond donors (Lipinski definition) is 2. The largest absolute Gasteiger partial charge is 0.478 e. The van der Waals surface area contributed by atoms with Gasteiger partial charge in [0.05, 0.1) is 5.56 Å². The molecular weight excluding hydrogens is 210 g/mol. The van der Waals surface area contributed by atoms with Crippen LogP contribution in [0.15, 0.2) is 0 Å². The molecule has 0 aliphatic carbocycles. The van der Waals surface area contributed by atoms with Gasteiger partial charge < -0.3 is 10.4 Å². The molecule has 2 heterocycles. The molecule has 0 radical (unpaired) electrons. The van der Waals surface area contributed by atoms with Gasteiger partial charge in [-0.15, -0.1) is 11.3 Å². The van der Waals surface area contributed by atoms with Gasteiger partial charge in [0.15, 0.2) is 0 Å². The summed E-state index contributed by atoms with van der Waals surface area (Å²) < 4.78 is 0.404. The predicted octanol–water partition coefficient (Wildman–Crippen LogP) is 1.75. The first-order valence-electron chi connectivity index (χ1n) is 3.94. The van der Waals surface area contributed by atoms with E-state index in [1.54, 1.807) is 0 Å². The molecule has 5 heteroatoms. The first-order chi connectivity index (χ1) is 6.20. The van der Waals surface area contributed by atoms with Gasteiger partial charge >= 0.3 is 5.97 Å². The highest BCUT2D eigenvalue weighted by atomic mass is 35.5. The van der Waals surface area contributed by atoms with Crippen LogP contribution in [0.2, 0.25) is 4.34 Å². The standard InChI is InChI=1S/C8H8ClNO2S/c9-7-6(8(11)12)4-3-10-2-1-5(4)13-7/h10H,1-3H2,(H,11,12). The normalized spacial score (nSPS) is 15.5. The van der Waals surface area contributed by atoms with Gasteiger partial charge in [-0.25, -0.2) is 4.79 Å². The van der Waals surface area contributed by atoms with Crippen LogP contribution >= 0.6 is 22.9 Å². The Kier molecular flexibility index (Phi) is 2.27. The maximum atomic E-state index is 10.8. The summed E-state index contributed by atoms with van der Waals surface area (Å²) in [6, 6.07) is 0. The van der Waals surface area contributed by atoms with E-state index in [9.17, 15) is 4.79 Å². The van der Waals surface area contributed by atoms with Gasteiger partial charge in [0.25, 0.3) is 0 Å². The van der Waals surface area contributed by atoms with E-state index in [2.05, 4.69) is 5.32 Å². The van der Waals surface area contributed by atoms with Gasteiger partial charge in [-0.1, -0.05) is 11.6 Å². The van der Waals surface area contributed by atoms with Crippen molar-refractivity contribution in [3.63, 3.8) is 0 Å². The lowest BCUT2D eigenvalue weighted by Crippen LogP contribution is -2.23.